The van der Waals surface area contributed by atoms with Crippen LogP contribution >= 0.6 is 11.6 Å². The standard InChI is InChI=1S/C21H25ClN4O2/c1-13-5-4-6-18(14(13)2)24-19(27)12-26(3)21(28)17-11-23-25-20(17)15-7-9-16(22)10-8-15/h4-10,17,20,23,25H,11-12H2,1-3H3,(H,24,27). The first-order valence-electron chi connectivity index (χ1n) is 9.21. The van der Waals surface area contributed by atoms with Crippen LogP contribution < -0.4 is 16.2 Å². The molecule has 1 aliphatic rings. The summed E-state index contributed by atoms with van der Waals surface area (Å²) in [6.07, 6.45) is 0. The highest BCUT2D eigenvalue weighted by molar-refractivity contribution is 6.30. The van der Waals surface area contributed by atoms with Gasteiger partial charge >= 0.3 is 0 Å². The van der Waals surface area contributed by atoms with E-state index in [1.165, 1.54) is 4.90 Å². The molecule has 0 aliphatic carbocycles. The van der Waals surface area contributed by atoms with E-state index in [1.54, 1.807) is 19.2 Å². The third kappa shape index (κ3) is 4.52. The van der Waals surface area contributed by atoms with Gasteiger partial charge in [-0.05, 0) is 48.7 Å². The van der Waals surface area contributed by atoms with Crippen molar-refractivity contribution in [2.24, 2.45) is 5.92 Å². The SMILES string of the molecule is Cc1cccc(NC(=O)CN(C)C(=O)C2CNNC2c2ccc(Cl)cc2)c1C. The smallest absolute Gasteiger partial charge is 0.243 e. The van der Waals surface area contributed by atoms with E-state index in [4.69, 9.17) is 11.6 Å². The lowest BCUT2D eigenvalue weighted by Gasteiger charge is -2.24. The number of nitrogens with zero attached hydrogens (tertiary/aromatic N) is 1. The molecule has 2 aromatic carbocycles. The molecule has 2 aromatic rings. The number of hydrogen-bond donors (Lipinski definition) is 3. The molecule has 2 atom stereocenters. The van der Waals surface area contributed by atoms with Crippen molar-refractivity contribution in [2.75, 3.05) is 25.5 Å². The van der Waals surface area contributed by atoms with Gasteiger partial charge in [0.1, 0.15) is 0 Å². The molecule has 1 aliphatic heterocycles. The molecule has 7 heteroatoms. The molecule has 28 heavy (non-hydrogen) atoms. The van der Waals surface area contributed by atoms with Crippen molar-refractivity contribution in [3.63, 3.8) is 0 Å². The third-order valence-electron chi connectivity index (χ3n) is 5.16. The Kier molecular flexibility index (Phi) is 6.34. The molecular weight excluding hydrogens is 376 g/mol. The van der Waals surface area contributed by atoms with Crippen LogP contribution in [0.2, 0.25) is 5.02 Å². The van der Waals surface area contributed by atoms with Crippen LogP contribution in [0, 0.1) is 19.8 Å². The second kappa shape index (κ2) is 8.73. The van der Waals surface area contributed by atoms with Gasteiger partial charge in [0.05, 0.1) is 18.5 Å². The first-order chi connectivity index (χ1) is 13.4. The number of anilines is 1. The van der Waals surface area contributed by atoms with Crippen molar-refractivity contribution >= 4 is 29.1 Å². The van der Waals surface area contributed by atoms with Gasteiger partial charge in [0, 0.05) is 24.3 Å². The summed E-state index contributed by atoms with van der Waals surface area (Å²) in [6.45, 7) is 4.45. The Morgan fingerprint density at radius 3 is 2.61 bits per heavy atom. The number of hydrazine groups is 1. The lowest BCUT2D eigenvalue weighted by atomic mass is 9.94. The number of amides is 2. The molecule has 6 nitrogen and oxygen atoms in total. The quantitative estimate of drug-likeness (QED) is 0.721. The molecule has 1 fully saturated rings. The summed E-state index contributed by atoms with van der Waals surface area (Å²) in [7, 11) is 1.66. The molecule has 0 bridgehead atoms. The van der Waals surface area contributed by atoms with E-state index in [2.05, 4.69) is 16.2 Å². The maximum atomic E-state index is 12.9. The van der Waals surface area contributed by atoms with Gasteiger partial charge in [0.15, 0.2) is 0 Å². The molecule has 3 N–H and O–H groups in total. The Morgan fingerprint density at radius 2 is 1.89 bits per heavy atom. The van der Waals surface area contributed by atoms with Crippen molar-refractivity contribution < 1.29 is 9.59 Å². The van der Waals surface area contributed by atoms with Gasteiger partial charge in [-0.25, -0.2) is 5.43 Å². The molecule has 1 heterocycles. The number of likely N-dealkylation sites (N-methyl/N-ethyl adjacent to an activating group) is 1. The highest BCUT2D eigenvalue weighted by Gasteiger charge is 2.36. The molecule has 148 valence electrons. The number of benzene rings is 2. The monoisotopic (exact) mass is 400 g/mol. The number of nitrogens with one attached hydrogen (secondary N) is 3. The van der Waals surface area contributed by atoms with Crippen molar-refractivity contribution in [3.05, 3.63) is 64.2 Å². The van der Waals surface area contributed by atoms with Crippen molar-refractivity contribution in [1.29, 1.82) is 0 Å². The van der Waals surface area contributed by atoms with E-state index in [1.807, 2.05) is 44.2 Å². The van der Waals surface area contributed by atoms with Gasteiger partial charge in [-0.2, -0.15) is 0 Å². The predicted octanol–water partition coefficient (Wildman–Crippen LogP) is 2.82. The summed E-state index contributed by atoms with van der Waals surface area (Å²) >= 11 is 5.96. The minimum absolute atomic E-state index is 0.00392. The first kappa shape index (κ1) is 20.3. The number of carbonyl (C=O) groups is 2. The molecule has 3 rings (SSSR count). The maximum Gasteiger partial charge on any atom is 0.243 e. The molecule has 0 saturated carbocycles. The Morgan fingerprint density at radius 1 is 1.18 bits per heavy atom. The van der Waals surface area contributed by atoms with Crippen molar-refractivity contribution in [2.45, 2.75) is 19.9 Å². The lowest BCUT2D eigenvalue weighted by Crippen LogP contribution is -2.41. The lowest BCUT2D eigenvalue weighted by molar-refractivity contribution is -0.136. The average molecular weight is 401 g/mol. The molecule has 2 amide bonds. The van der Waals surface area contributed by atoms with Gasteiger partial charge in [0.2, 0.25) is 11.8 Å². The summed E-state index contributed by atoms with van der Waals surface area (Å²) in [5.74, 6) is -0.611. The van der Waals surface area contributed by atoms with Crippen LogP contribution in [-0.2, 0) is 9.59 Å². The second-order valence-electron chi connectivity index (χ2n) is 7.15. The summed E-state index contributed by atoms with van der Waals surface area (Å²) in [4.78, 5) is 26.9. The Hall–Kier alpha value is -2.41. The molecule has 1 saturated heterocycles. The highest BCUT2D eigenvalue weighted by Crippen LogP contribution is 2.27. The van der Waals surface area contributed by atoms with Crippen LogP contribution in [0.1, 0.15) is 22.7 Å². The van der Waals surface area contributed by atoms with Gasteiger partial charge in [-0.15, -0.1) is 0 Å². The summed E-state index contributed by atoms with van der Waals surface area (Å²) < 4.78 is 0. The minimum Gasteiger partial charge on any atom is -0.336 e. The van der Waals surface area contributed by atoms with E-state index < -0.39 is 0 Å². The normalized spacial score (nSPS) is 18.7. The summed E-state index contributed by atoms with van der Waals surface area (Å²) in [6, 6.07) is 13.0. The van der Waals surface area contributed by atoms with E-state index >= 15 is 0 Å². The fraction of sp³-hybridized carbons (Fsp3) is 0.333. The number of aryl methyl sites for hydroxylation is 1. The van der Waals surface area contributed by atoms with E-state index in [9.17, 15) is 9.59 Å². The topological polar surface area (TPSA) is 73.5 Å². The van der Waals surface area contributed by atoms with Crippen LogP contribution in [0.25, 0.3) is 0 Å². The highest BCUT2D eigenvalue weighted by atomic mass is 35.5. The minimum atomic E-state index is -0.306. The van der Waals surface area contributed by atoms with Crippen molar-refractivity contribution in [1.82, 2.24) is 15.8 Å². The Labute approximate surface area is 170 Å². The molecule has 0 radical (unpaired) electrons. The Balaban J connectivity index is 1.64. The van der Waals surface area contributed by atoms with Crippen molar-refractivity contribution in [3.8, 4) is 0 Å². The number of rotatable bonds is 5. The number of carbonyl (C=O) groups excluding carboxylic acids is 2. The number of halogens is 1. The first-order valence-corrected chi connectivity index (χ1v) is 9.59. The molecular formula is C21H25ClN4O2. The second-order valence-corrected chi connectivity index (χ2v) is 7.59. The zero-order chi connectivity index (χ0) is 20.3. The van der Waals surface area contributed by atoms with Gasteiger partial charge in [-0.3, -0.25) is 15.0 Å². The average Bonchev–Trinajstić information content (AvgIpc) is 3.15. The van der Waals surface area contributed by atoms with Crippen LogP contribution in [0.5, 0.6) is 0 Å². The molecule has 2 unspecified atom stereocenters. The largest absolute Gasteiger partial charge is 0.336 e. The van der Waals surface area contributed by atoms with Crippen LogP contribution in [0.4, 0.5) is 5.69 Å². The van der Waals surface area contributed by atoms with E-state index in [-0.39, 0.29) is 30.3 Å². The zero-order valence-electron chi connectivity index (χ0n) is 16.3. The van der Waals surface area contributed by atoms with E-state index in [0.717, 1.165) is 22.4 Å². The fourth-order valence-electron chi connectivity index (χ4n) is 3.37. The van der Waals surface area contributed by atoms with Gasteiger partial charge in [0.25, 0.3) is 0 Å². The zero-order valence-corrected chi connectivity index (χ0v) is 17.0. The predicted molar refractivity (Wildman–Crippen MR) is 111 cm³/mol. The fourth-order valence-corrected chi connectivity index (χ4v) is 3.49. The van der Waals surface area contributed by atoms with Gasteiger partial charge in [-0.1, -0.05) is 35.9 Å². The number of hydrogen-bond acceptors (Lipinski definition) is 4. The van der Waals surface area contributed by atoms with Crippen LogP contribution in [-0.4, -0.2) is 36.9 Å². The van der Waals surface area contributed by atoms with Crippen LogP contribution in [0.3, 0.4) is 0 Å². The molecule has 0 aromatic heterocycles. The van der Waals surface area contributed by atoms with Gasteiger partial charge < -0.3 is 10.2 Å². The van der Waals surface area contributed by atoms with E-state index in [0.29, 0.717) is 11.6 Å². The van der Waals surface area contributed by atoms with Crippen LogP contribution in [0.15, 0.2) is 42.5 Å². The summed E-state index contributed by atoms with van der Waals surface area (Å²) in [5, 5.41) is 3.55. The summed E-state index contributed by atoms with van der Waals surface area (Å²) in [5.41, 5.74) is 10.1. The maximum absolute atomic E-state index is 12.9. The molecule has 0 spiro atoms. The Bertz CT molecular complexity index is 869. The third-order valence-corrected chi connectivity index (χ3v) is 5.42.